The van der Waals surface area contributed by atoms with Crippen LogP contribution in [0.2, 0.25) is 0 Å². The van der Waals surface area contributed by atoms with Crippen LogP contribution < -0.4 is 10.5 Å². The molecule has 0 saturated heterocycles. The Labute approximate surface area is 85.4 Å². The Morgan fingerprint density at radius 2 is 2.07 bits per heavy atom. The Morgan fingerprint density at radius 1 is 1.43 bits per heavy atom. The first-order valence-electron chi connectivity index (χ1n) is 4.32. The second-order valence-electron chi connectivity index (χ2n) is 2.76. The average Bonchev–Trinajstić information content (AvgIpc) is 2.15. The van der Waals surface area contributed by atoms with Gasteiger partial charge in [0.2, 0.25) is 0 Å². The first-order valence-corrected chi connectivity index (χ1v) is 4.32. The minimum Gasteiger partial charge on any atom is -0.493 e. The fraction of sp³-hybridized carbons (Fsp3) is 0.364. The van der Waals surface area contributed by atoms with Crippen molar-refractivity contribution in [3.05, 3.63) is 29.8 Å². The van der Waals surface area contributed by atoms with E-state index in [1.54, 1.807) is 6.07 Å². The molecule has 0 unspecified atom stereocenters. The number of hydrogen-bond acceptors (Lipinski definition) is 2. The predicted octanol–water partition coefficient (Wildman–Crippen LogP) is 2.40. The number of amidine groups is 1. The van der Waals surface area contributed by atoms with Crippen molar-refractivity contribution in [2.75, 3.05) is 6.61 Å². The van der Waals surface area contributed by atoms with Crippen molar-refractivity contribution >= 4 is 5.84 Å². The van der Waals surface area contributed by atoms with Crippen LogP contribution in [0.1, 0.15) is 26.3 Å². The summed E-state index contributed by atoms with van der Waals surface area (Å²) in [7, 11) is 0. The van der Waals surface area contributed by atoms with Crippen LogP contribution in [0.4, 0.5) is 0 Å². The topological polar surface area (TPSA) is 59.1 Å². The lowest BCUT2D eigenvalue weighted by atomic mass is 10.2. The molecule has 0 spiro atoms. The second kappa shape index (κ2) is 6.02. The number of nitrogens with two attached hydrogens (primary N) is 1. The van der Waals surface area contributed by atoms with Gasteiger partial charge in [-0.3, -0.25) is 5.41 Å². The number of benzene rings is 1. The number of nitrogens with one attached hydrogen (secondary N) is 1. The van der Waals surface area contributed by atoms with E-state index in [0.717, 1.165) is 6.42 Å². The summed E-state index contributed by atoms with van der Waals surface area (Å²) in [6, 6.07) is 7.33. The monoisotopic (exact) mass is 194 g/mol. The summed E-state index contributed by atoms with van der Waals surface area (Å²) in [4.78, 5) is 0. The van der Waals surface area contributed by atoms with Crippen LogP contribution in [0, 0.1) is 5.41 Å². The Morgan fingerprint density at radius 3 is 2.64 bits per heavy atom. The Bertz CT molecular complexity index is 297. The van der Waals surface area contributed by atoms with Crippen LogP contribution >= 0.6 is 0 Å². The summed E-state index contributed by atoms with van der Waals surface area (Å²) < 4.78 is 5.43. The molecular weight excluding hydrogens is 176 g/mol. The summed E-state index contributed by atoms with van der Waals surface area (Å²) in [5.41, 5.74) is 6.05. The largest absolute Gasteiger partial charge is 0.493 e. The van der Waals surface area contributed by atoms with E-state index in [1.165, 1.54) is 0 Å². The Balaban J connectivity index is 0.00000169. The second-order valence-corrected chi connectivity index (χ2v) is 2.76. The maximum Gasteiger partial charge on any atom is 0.130 e. The number of hydrogen-bond donors (Lipinski definition) is 2. The van der Waals surface area contributed by atoms with Gasteiger partial charge in [0, 0.05) is 0 Å². The zero-order valence-electron chi connectivity index (χ0n) is 7.71. The van der Waals surface area contributed by atoms with Gasteiger partial charge in [-0.15, -0.1) is 0 Å². The highest BCUT2D eigenvalue weighted by Crippen LogP contribution is 2.16. The molecule has 3 nitrogen and oxygen atoms in total. The minimum atomic E-state index is 0. The molecule has 0 aromatic heterocycles. The van der Waals surface area contributed by atoms with E-state index in [9.17, 15) is 0 Å². The molecule has 1 aromatic carbocycles. The molecule has 0 heterocycles. The van der Waals surface area contributed by atoms with Crippen molar-refractivity contribution in [1.29, 1.82) is 5.41 Å². The fourth-order valence-electron chi connectivity index (χ4n) is 1.03. The van der Waals surface area contributed by atoms with E-state index in [-0.39, 0.29) is 13.3 Å². The van der Waals surface area contributed by atoms with Crippen molar-refractivity contribution < 1.29 is 4.74 Å². The molecule has 0 amide bonds. The normalized spacial score (nSPS) is 8.93. The SMILES string of the molecule is C.CCCOc1ccccc1C(=N)N. The van der Waals surface area contributed by atoms with Gasteiger partial charge in [0.15, 0.2) is 0 Å². The molecule has 3 heteroatoms. The first kappa shape index (κ1) is 12.5. The van der Waals surface area contributed by atoms with E-state index < -0.39 is 0 Å². The highest BCUT2D eigenvalue weighted by atomic mass is 16.5. The van der Waals surface area contributed by atoms with Gasteiger partial charge in [-0.25, -0.2) is 0 Å². The van der Waals surface area contributed by atoms with Gasteiger partial charge in [-0.2, -0.15) is 0 Å². The van der Waals surface area contributed by atoms with Gasteiger partial charge >= 0.3 is 0 Å². The van der Waals surface area contributed by atoms with E-state index in [0.29, 0.717) is 17.9 Å². The summed E-state index contributed by atoms with van der Waals surface area (Å²) >= 11 is 0. The van der Waals surface area contributed by atoms with Crippen molar-refractivity contribution in [2.24, 2.45) is 5.73 Å². The molecule has 0 radical (unpaired) electrons. The average molecular weight is 194 g/mol. The van der Waals surface area contributed by atoms with Crippen molar-refractivity contribution in [1.82, 2.24) is 0 Å². The van der Waals surface area contributed by atoms with E-state index in [1.807, 2.05) is 25.1 Å². The molecule has 0 fully saturated rings. The first-order chi connectivity index (χ1) is 6.25. The molecule has 3 N–H and O–H groups in total. The van der Waals surface area contributed by atoms with Crippen LogP contribution in [-0.2, 0) is 0 Å². The highest BCUT2D eigenvalue weighted by molar-refractivity contribution is 5.97. The molecule has 0 aliphatic heterocycles. The third-order valence-electron chi connectivity index (χ3n) is 1.64. The molecule has 0 aliphatic rings. The number of ether oxygens (including phenoxy) is 1. The molecule has 14 heavy (non-hydrogen) atoms. The molecule has 0 bridgehead atoms. The molecule has 1 rings (SSSR count). The highest BCUT2D eigenvalue weighted by Gasteiger charge is 2.03. The van der Waals surface area contributed by atoms with Crippen molar-refractivity contribution in [2.45, 2.75) is 20.8 Å². The van der Waals surface area contributed by atoms with Crippen LogP contribution in [0.25, 0.3) is 0 Å². The summed E-state index contributed by atoms with van der Waals surface area (Å²) in [5, 5.41) is 7.31. The van der Waals surface area contributed by atoms with E-state index in [4.69, 9.17) is 15.9 Å². The standard InChI is InChI=1S/C10H14N2O.CH4/c1-2-7-13-9-6-4-3-5-8(9)10(11)12;/h3-6H,2,7H2,1H3,(H3,11,12);1H4. The fourth-order valence-corrected chi connectivity index (χ4v) is 1.03. The lowest BCUT2D eigenvalue weighted by Crippen LogP contribution is -2.13. The Kier molecular flexibility index (Phi) is 5.37. The molecule has 78 valence electrons. The Hall–Kier alpha value is -1.51. The smallest absolute Gasteiger partial charge is 0.130 e. The summed E-state index contributed by atoms with van der Waals surface area (Å²) in [6.07, 6.45) is 0.951. The molecule has 0 atom stereocenters. The third-order valence-corrected chi connectivity index (χ3v) is 1.64. The van der Waals surface area contributed by atoms with Crippen LogP contribution in [0.5, 0.6) is 5.75 Å². The third kappa shape index (κ3) is 3.09. The van der Waals surface area contributed by atoms with Gasteiger partial charge in [0.25, 0.3) is 0 Å². The zero-order valence-corrected chi connectivity index (χ0v) is 7.71. The van der Waals surface area contributed by atoms with Gasteiger partial charge in [0.05, 0.1) is 12.2 Å². The van der Waals surface area contributed by atoms with Gasteiger partial charge in [0.1, 0.15) is 11.6 Å². The lowest BCUT2D eigenvalue weighted by Gasteiger charge is -2.08. The van der Waals surface area contributed by atoms with Gasteiger partial charge < -0.3 is 10.5 Å². The quantitative estimate of drug-likeness (QED) is 0.571. The van der Waals surface area contributed by atoms with E-state index >= 15 is 0 Å². The van der Waals surface area contributed by atoms with E-state index in [2.05, 4.69) is 0 Å². The number of rotatable bonds is 4. The van der Waals surface area contributed by atoms with Crippen LogP contribution in [0.3, 0.4) is 0 Å². The summed E-state index contributed by atoms with van der Waals surface area (Å²) in [5.74, 6) is 0.739. The minimum absolute atomic E-state index is 0. The molecule has 0 aliphatic carbocycles. The predicted molar refractivity (Wildman–Crippen MR) is 60.0 cm³/mol. The van der Waals surface area contributed by atoms with Crippen molar-refractivity contribution in [3.63, 3.8) is 0 Å². The molecule has 0 saturated carbocycles. The van der Waals surface area contributed by atoms with Crippen molar-refractivity contribution in [3.8, 4) is 5.75 Å². The zero-order chi connectivity index (χ0) is 9.68. The number of para-hydroxylation sites is 1. The summed E-state index contributed by atoms with van der Waals surface area (Å²) in [6.45, 7) is 2.70. The maximum absolute atomic E-state index is 7.31. The van der Waals surface area contributed by atoms with Gasteiger partial charge in [-0.1, -0.05) is 26.5 Å². The maximum atomic E-state index is 7.31. The van der Waals surface area contributed by atoms with Crippen LogP contribution in [-0.4, -0.2) is 12.4 Å². The lowest BCUT2D eigenvalue weighted by molar-refractivity contribution is 0.317. The van der Waals surface area contributed by atoms with Gasteiger partial charge in [-0.05, 0) is 18.6 Å². The molecular formula is C11H18N2O. The van der Waals surface area contributed by atoms with Crippen LogP contribution in [0.15, 0.2) is 24.3 Å². The number of nitrogen functional groups attached to an aromatic ring is 1. The molecule has 1 aromatic rings.